The van der Waals surface area contributed by atoms with E-state index in [1.54, 1.807) is 4.90 Å². The molecular formula is C10H17NO3. The summed E-state index contributed by atoms with van der Waals surface area (Å²) in [4.78, 5) is 13.4. The van der Waals surface area contributed by atoms with E-state index < -0.39 is 5.60 Å². The lowest BCUT2D eigenvalue weighted by Gasteiger charge is -2.29. The molecule has 0 aromatic carbocycles. The number of carbonyl (C=O) groups excluding carboxylic acids is 1. The van der Waals surface area contributed by atoms with Crippen molar-refractivity contribution in [2.45, 2.75) is 39.0 Å². The van der Waals surface area contributed by atoms with Gasteiger partial charge in [0.15, 0.2) is 0 Å². The molecule has 0 N–H and O–H groups in total. The zero-order valence-electron chi connectivity index (χ0n) is 8.95. The highest BCUT2D eigenvalue weighted by Gasteiger charge is 2.43. The number of ether oxygens (including phenoxy) is 2. The number of amides is 1. The van der Waals surface area contributed by atoms with Crippen LogP contribution in [0.25, 0.3) is 0 Å². The Kier molecular flexibility index (Phi) is 2.18. The van der Waals surface area contributed by atoms with Crippen LogP contribution in [-0.2, 0) is 9.47 Å². The molecule has 0 spiro atoms. The fraction of sp³-hybridized carbons (Fsp3) is 0.900. The van der Waals surface area contributed by atoms with Gasteiger partial charge in [0.1, 0.15) is 11.8 Å². The summed E-state index contributed by atoms with van der Waals surface area (Å²) in [5.74, 6) is 0.521. The molecule has 4 nitrogen and oxygen atoms in total. The molecule has 2 aliphatic rings. The van der Waals surface area contributed by atoms with Crippen molar-refractivity contribution in [3.63, 3.8) is 0 Å². The standard InChI is InChI=1S/C10H17NO3/c1-10(2,3)14-9(12)11-5-7-4-8(11)13-6-7/h7-8H,4-6H2,1-3H3. The second-order valence-electron chi connectivity index (χ2n) is 5.02. The van der Waals surface area contributed by atoms with Crippen molar-refractivity contribution in [1.82, 2.24) is 4.90 Å². The van der Waals surface area contributed by atoms with Crippen LogP contribution in [0.2, 0.25) is 0 Å². The Hall–Kier alpha value is -0.770. The Morgan fingerprint density at radius 3 is 2.64 bits per heavy atom. The Labute approximate surface area is 84.2 Å². The Morgan fingerprint density at radius 2 is 2.21 bits per heavy atom. The van der Waals surface area contributed by atoms with Crippen molar-refractivity contribution < 1.29 is 14.3 Å². The highest BCUT2D eigenvalue weighted by Crippen LogP contribution is 2.32. The van der Waals surface area contributed by atoms with E-state index in [4.69, 9.17) is 9.47 Å². The first-order valence-electron chi connectivity index (χ1n) is 5.07. The van der Waals surface area contributed by atoms with Gasteiger partial charge in [0.2, 0.25) is 0 Å². The maximum absolute atomic E-state index is 11.7. The minimum absolute atomic E-state index is 0.0325. The first-order chi connectivity index (χ1) is 6.46. The molecule has 4 heteroatoms. The van der Waals surface area contributed by atoms with Gasteiger partial charge in [-0.25, -0.2) is 4.79 Å². The Balaban J connectivity index is 1.93. The van der Waals surface area contributed by atoms with Gasteiger partial charge in [0, 0.05) is 12.5 Å². The van der Waals surface area contributed by atoms with Gasteiger partial charge in [-0.15, -0.1) is 0 Å². The minimum atomic E-state index is -0.418. The summed E-state index contributed by atoms with van der Waals surface area (Å²) in [7, 11) is 0. The van der Waals surface area contributed by atoms with Crippen molar-refractivity contribution in [3.05, 3.63) is 0 Å². The second kappa shape index (κ2) is 3.12. The van der Waals surface area contributed by atoms with E-state index in [0.717, 1.165) is 19.6 Å². The Bertz CT molecular complexity index is 246. The topological polar surface area (TPSA) is 38.8 Å². The van der Waals surface area contributed by atoms with Gasteiger partial charge in [-0.2, -0.15) is 0 Å². The highest BCUT2D eigenvalue weighted by atomic mass is 16.6. The normalized spacial score (nSPS) is 30.9. The number of hydrogen-bond donors (Lipinski definition) is 0. The van der Waals surface area contributed by atoms with E-state index in [-0.39, 0.29) is 12.3 Å². The van der Waals surface area contributed by atoms with Crippen LogP contribution in [0.1, 0.15) is 27.2 Å². The van der Waals surface area contributed by atoms with Crippen LogP contribution >= 0.6 is 0 Å². The predicted octanol–water partition coefficient (Wildman–Crippen LogP) is 1.60. The summed E-state index contributed by atoms with van der Waals surface area (Å²) in [6.07, 6.45) is 0.693. The molecule has 14 heavy (non-hydrogen) atoms. The van der Waals surface area contributed by atoms with E-state index in [0.29, 0.717) is 5.92 Å². The first kappa shape index (κ1) is 9.77. The fourth-order valence-electron chi connectivity index (χ4n) is 1.92. The third-order valence-corrected chi connectivity index (χ3v) is 2.49. The molecule has 1 amide bonds. The summed E-state index contributed by atoms with van der Waals surface area (Å²) in [6.45, 7) is 7.21. The zero-order chi connectivity index (χ0) is 10.3. The molecule has 2 heterocycles. The lowest BCUT2D eigenvalue weighted by Crippen LogP contribution is -2.43. The molecule has 2 rings (SSSR count). The number of carbonyl (C=O) groups is 1. The molecule has 2 aliphatic heterocycles. The number of hydrogen-bond acceptors (Lipinski definition) is 3. The van der Waals surface area contributed by atoms with E-state index in [9.17, 15) is 4.79 Å². The van der Waals surface area contributed by atoms with Crippen LogP contribution in [0.5, 0.6) is 0 Å². The molecular weight excluding hydrogens is 182 g/mol. The molecule has 0 aromatic rings. The van der Waals surface area contributed by atoms with Crippen LogP contribution < -0.4 is 0 Å². The van der Waals surface area contributed by atoms with E-state index >= 15 is 0 Å². The van der Waals surface area contributed by atoms with Gasteiger partial charge in [-0.1, -0.05) is 0 Å². The zero-order valence-corrected chi connectivity index (χ0v) is 8.95. The molecule has 2 atom stereocenters. The first-order valence-corrected chi connectivity index (χ1v) is 5.07. The number of likely N-dealkylation sites (tertiary alicyclic amines) is 1. The van der Waals surface area contributed by atoms with Crippen molar-refractivity contribution in [2.24, 2.45) is 5.92 Å². The quantitative estimate of drug-likeness (QED) is 0.594. The van der Waals surface area contributed by atoms with Gasteiger partial charge in [0.25, 0.3) is 0 Å². The van der Waals surface area contributed by atoms with E-state index in [2.05, 4.69) is 0 Å². The fourth-order valence-corrected chi connectivity index (χ4v) is 1.92. The molecule has 80 valence electrons. The maximum atomic E-state index is 11.7. The highest BCUT2D eigenvalue weighted by molar-refractivity contribution is 5.68. The molecule has 2 unspecified atom stereocenters. The number of rotatable bonds is 0. The molecule has 2 bridgehead atoms. The lowest BCUT2D eigenvalue weighted by atomic mass is 10.2. The van der Waals surface area contributed by atoms with Crippen LogP contribution in [0.4, 0.5) is 4.79 Å². The van der Waals surface area contributed by atoms with Gasteiger partial charge in [-0.05, 0) is 27.2 Å². The second-order valence-corrected chi connectivity index (χ2v) is 5.02. The third kappa shape index (κ3) is 1.85. The van der Waals surface area contributed by atoms with Crippen LogP contribution in [-0.4, -0.2) is 36.0 Å². The molecule has 2 saturated heterocycles. The Morgan fingerprint density at radius 1 is 1.50 bits per heavy atom. The van der Waals surface area contributed by atoms with Crippen molar-refractivity contribution in [3.8, 4) is 0 Å². The average Bonchev–Trinajstić information content (AvgIpc) is 2.59. The predicted molar refractivity (Wildman–Crippen MR) is 50.8 cm³/mol. The summed E-state index contributed by atoms with van der Waals surface area (Å²) in [5, 5.41) is 0. The monoisotopic (exact) mass is 199 g/mol. The van der Waals surface area contributed by atoms with Gasteiger partial charge >= 0.3 is 6.09 Å². The lowest BCUT2D eigenvalue weighted by molar-refractivity contribution is -0.0521. The molecule has 0 radical (unpaired) electrons. The largest absolute Gasteiger partial charge is 0.444 e. The van der Waals surface area contributed by atoms with Crippen molar-refractivity contribution in [2.75, 3.05) is 13.2 Å². The van der Waals surface area contributed by atoms with Gasteiger partial charge in [-0.3, -0.25) is 4.90 Å². The van der Waals surface area contributed by atoms with Gasteiger partial charge in [0.05, 0.1) is 6.61 Å². The summed E-state index contributed by atoms with van der Waals surface area (Å²) in [6, 6.07) is 0. The maximum Gasteiger partial charge on any atom is 0.412 e. The van der Waals surface area contributed by atoms with Crippen molar-refractivity contribution >= 4 is 6.09 Å². The SMILES string of the molecule is CC(C)(C)OC(=O)N1CC2COC1C2. The van der Waals surface area contributed by atoms with Crippen molar-refractivity contribution in [1.29, 1.82) is 0 Å². The molecule has 0 aliphatic carbocycles. The number of nitrogens with zero attached hydrogens (tertiary/aromatic N) is 1. The summed E-state index contributed by atoms with van der Waals surface area (Å²) < 4.78 is 10.7. The van der Waals surface area contributed by atoms with Crippen LogP contribution in [0, 0.1) is 5.92 Å². The third-order valence-electron chi connectivity index (χ3n) is 2.49. The van der Waals surface area contributed by atoms with E-state index in [1.807, 2.05) is 20.8 Å². The summed E-state index contributed by atoms with van der Waals surface area (Å²) >= 11 is 0. The minimum Gasteiger partial charge on any atom is -0.444 e. The van der Waals surface area contributed by atoms with Gasteiger partial charge < -0.3 is 9.47 Å². The average molecular weight is 199 g/mol. The summed E-state index contributed by atoms with van der Waals surface area (Å²) in [5.41, 5.74) is -0.418. The smallest absolute Gasteiger partial charge is 0.412 e. The number of fused-ring (bicyclic) bond motifs is 2. The van der Waals surface area contributed by atoms with Crippen LogP contribution in [0.3, 0.4) is 0 Å². The molecule has 0 aromatic heterocycles. The van der Waals surface area contributed by atoms with Crippen LogP contribution in [0.15, 0.2) is 0 Å². The molecule has 0 saturated carbocycles. The molecule has 2 fully saturated rings. The van der Waals surface area contributed by atoms with E-state index in [1.165, 1.54) is 0 Å².